The van der Waals surface area contributed by atoms with Crippen LogP contribution in [0.2, 0.25) is 0 Å². The monoisotopic (exact) mass is 513 g/mol. The number of nitrogens with zero attached hydrogens (tertiary/aromatic N) is 2. The number of carbonyl (C=O) groups is 1. The summed E-state index contributed by atoms with van der Waals surface area (Å²) in [5.74, 6) is 2.54. The van der Waals surface area contributed by atoms with Crippen molar-refractivity contribution in [2.24, 2.45) is 5.92 Å². The summed E-state index contributed by atoms with van der Waals surface area (Å²) in [5.41, 5.74) is 1.46. The van der Waals surface area contributed by atoms with E-state index in [1.54, 1.807) is 42.1 Å². The number of ether oxygens (including phenoxy) is 3. The van der Waals surface area contributed by atoms with E-state index in [0.717, 1.165) is 11.3 Å². The van der Waals surface area contributed by atoms with Gasteiger partial charge in [-0.15, -0.1) is 0 Å². The topological polar surface area (TPSA) is 109 Å². The van der Waals surface area contributed by atoms with Gasteiger partial charge in [-0.3, -0.25) is 4.79 Å². The van der Waals surface area contributed by atoms with Gasteiger partial charge in [0.1, 0.15) is 23.1 Å². The fourth-order valence-electron chi connectivity index (χ4n) is 3.86. The van der Waals surface area contributed by atoms with Gasteiger partial charge in [-0.05, 0) is 60.9 Å². The zero-order valence-electron chi connectivity index (χ0n) is 20.6. The standard InChI is InChI=1S/C26H31N3O6S/c1-18(2)15-34-22-6-4-19(5-7-22)24-14-25(29(28-24)20-12-13-36(31,32)17-20)27-26(30)16-35-23-10-8-21(33-3)9-11-23/h4-11,14,18,20H,12-13,15-17H2,1-3H3,(H,27,30). The van der Waals surface area contributed by atoms with Crippen molar-refractivity contribution in [1.29, 1.82) is 0 Å². The average molecular weight is 514 g/mol. The maximum Gasteiger partial charge on any atom is 0.263 e. The molecule has 1 aliphatic rings. The van der Waals surface area contributed by atoms with Crippen LogP contribution in [0.4, 0.5) is 5.82 Å². The fraction of sp³-hybridized carbons (Fsp3) is 0.385. The predicted octanol–water partition coefficient (Wildman–Crippen LogP) is 3.97. The Morgan fingerprint density at radius 2 is 1.69 bits per heavy atom. The molecule has 1 amide bonds. The number of methoxy groups -OCH3 is 1. The van der Waals surface area contributed by atoms with Gasteiger partial charge < -0.3 is 19.5 Å². The summed E-state index contributed by atoms with van der Waals surface area (Å²) in [6, 6.07) is 15.9. The van der Waals surface area contributed by atoms with Crippen molar-refractivity contribution in [3.05, 3.63) is 54.6 Å². The van der Waals surface area contributed by atoms with Crippen LogP contribution in [0.1, 0.15) is 26.3 Å². The highest BCUT2D eigenvalue weighted by molar-refractivity contribution is 7.91. The number of hydrogen-bond donors (Lipinski definition) is 1. The van der Waals surface area contributed by atoms with Crippen LogP contribution in [0.5, 0.6) is 17.2 Å². The first kappa shape index (κ1) is 25.6. The van der Waals surface area contributed by atoms with E-state index in [2.05, 4.69) is 24.3 Å². The molecule has 2 aromatic carbocycles. The Hall–Kier alpha value is -3.53. The Bertz CT molecular complexity index is 1280. The summed E-state index contributed by atoms with van der Waals surface area (Å²) in [4.78, 5) is 12.7. The molecule has 1 atom stereocenters. The zero-order valence-corrected chi connectivity index (χ0v) is 21.5. The molecule has 0 aliphatic carbocycles. The van der Waals surface area contributed by atoms with Crippen LogP contribution in [0.3, 0.4) is 0 Å². The van der Waals surface area contributed by atoms with Gasteiger partial charge >= 0.3 is 0 Å². The van der Waals surface area contributed by atoms with Gasteiger partial charge in [-0.1, -0.05) is 13.8 Å². The molecule has 4 rings (SSSR count). The van der Waals surface area contributed by atoms with Crippen molar-refractivity contribution in [2.75, 3.05) is 37.1 Å². The lowest BCUT2D eigenvalue weighted by atomic mass is 10.1. The molecule has 0 bridgehead atoms. The molecule has 3 aromatic rings. The number of hydrogen-bond acceptors (Lipinski definition) is 7. The first-order valence-electron chi connectivity index (χ1n) is 11.8. The molecular formula is C26H31N3O6S. The van der Waals surface area contributed by atoms with Crippen molar-refractivity contribution in [3.63, 3.8) is 0 Å². The number of rotatable bonds is 10. The lowest BCUT2D eigenvalue weighted by molar-refractivity contribution is -0.118. The van der Waals surface area contributed by atoms with Gasteiger partial charge in [0.15, 0.2) is 16.4 Å². The van der Waals surface area contributed by atoms with Crippen LogP contribution in [0.25, 0.3) is 11.3 Å². The van der Waals surface area contributed by atoms with E-state index in [1.165, 1.54) is 0 Å². The zero-order chi connectivity index (χ0) is 25.7. The van der Waals surface area contributed by atoms with Crippen LogP contribution < -0.4 is 19.5 Å². The second-order valence-corrected chi connectivity index (χ2v) is 11.4. The summed E-state index contributed by atoms with van der Waals surface area (Å²) in [6.45, 7) is 4.58. The van der Waals surface area contributed by atoms with Gasteiger partial charge in [-0.2, -0.15) is 5.10 Å². The van der Waals surface area contributed by atoms with E-state index < -0.39 is 9.84 Å². The average Bonchev–Trinajstić information content (AvgIpc) is 3.44. The number of amides is 1. The first-order valence-corrected chi connectivity index (χ1v) is 13.6. The van der Waals surface area contributed by atoms with E-state index in [-0.39, 0.29) is 30.1 Å². The molecule has 1 N–H and O–H groups in total. The van der Waals surface area contributed by atoms with Gasteiger partial charge in [0.05, 0.1) is 37.0 Å². The molecule has 0 saturated carbocycles. The molecule has 2 heterocycles. The molecule has 36 heavy (non-hydrogen) atoms. The number of carbonyl (C=O) groups excluding carboxylic acids is 1. The SMILES string of the molecule is COc1ccc(OCC(=O)Nc2cc(-c3ccc(OCC(C)C)cc3)nn2C2CCS(=O)(=O)C2)cc1. The van der Waals surface area contributed by atoms with Crippen molar-refractivity contribution in [3.8, 4) is 28.5 Å². The van der Waals surface area contributed by atoms with Crippen LogP contribution in [0.15, 0.2) is 54.6 Å². The predicted molar refractivity (Wildman–Crippen MR) is 137 cm³/mol. The summed E-state index contributed by atoms with van der Waals surface area (Å²) < 4.78 is 42.3. The highest BCUT2D eigenvalue weighted by Crippen LogP contribution is 2.31. The van der Waals surface area contributed by atoms with E-state index in [4.69, 9.17) is 14.2 Å². The van der Waals surface area contributed by atoms with E-state index in [0.29, 0.717) is 42.0 Å². The highest BCUT2D eigenvalue weighted by Gasteiger charge is 2.32. The number of aromatic nitrogens is 2. The molecule has 10 heteroatoms. The van der Waals surface area contributed by atoms with Crippen LogP contribution in [0, 0.1) is 5.92 Å². The maximum atomic E-state index is 12.7. The maximum absolute atomic E-state index is 12.7. The number of benzene rings is 2. The molecule has 0 spiro atoms. The third-order valence-corrected chi connectivity index (χ3v) is 7.47. The van der Waals surface area contributed by atoms with Gasteiger partial charge in [0.2, 0.25) is 0 Å². The Labute approximate surface area is 211 Å². The normalized spacial score (nSPS) is 16.6. The van der Waals surface area contributed by atoms with Crippen molar-refractivity contribution in [2.45, 2.75) is 26.3 Å². The minimum absolute atomic E-state index is 0.0126. The minimum Gasteiger partial charge on any atom is -0.497 e. The van der Waals surface area contributed by atoms with Gasteiger partial charge in [0.25, 0.3) is 5.91 Å². The third-order valence-electron chi connectivity index (χ3n) is 5.72. The van der Waals surface area contributed by atoms with Gasteiger partial charge in [0, 0.05) is 11.6 Å². The highest BCUT2D eigenvalue weighted by atomic mass is 32.2. The molecule has 192 valence electrons. The fourth-order valence-corrected chi connectivity index (χ4v) is 5.55. The smallest absolute Gasteiger partial charge is 0.263 e. The lowest BCUT2D eigenvalue weighted by Gasteiger charge is -2.14. The minimum atomic E-state index is -3.14. The summed E-state index contributed by atoms with van der Waals surface area (Å²) in [7, 11) is -1.57. The van der Waals surface area contributed by atoms with E-state index >= 15 is 0 Å². The molecular weight excluding hydrogens is 482 g/mol. The van der Waals surface area contributed by atoms with Crippen LogP contribution in [-0.2, 0) is 14.6 Å². The lowest BCUT2D eigenvalue weighted by Crippen LogP contribution is -2.23. The van der Waals surface area contributed by atoms with E-state index in [1.807, 2.05) is 24.3 Å². The van der Waals surface area contributed by atoms with E-state index in [9.17, 15) is 13.2 Å². The van der Waals surface area contributed by atoms with Crippen molar-refractivity contribution >= 4 is 21.6 Å². The number of nitrogens with one attached hydrogen (secondary N) is 1. The van der Waals surface area contributed by atoms with Crippen LogP contribution >= 0.6 is 0 Å². The Morgan fingerprint density at radius 1 is 1.06 bits per heavy atom. The molecule has 1 aromatic heterocycles. The second kappa shape index (κ2) is 11.0. The molecule has 1 aliphatic heterocycles. The second-order valence-electron chi connectivity index (χ2n) is 9.16. The molecule has 9 nitrogen and oxygen atoms in total. The number of sulfone groups is 1. The first-order chi connectivity index (χ1) is 17.2. The summed E-state index contributed by atoms with van der Waals surface area (Å²) in [5, 5.41) is 7.50. The molecule has 0 radical (unpaired) electrons. The quantitative estimate of drug-likeness (QED) is 0.437. The third kappa shape index (κ3) is 6.57. The molecule has 1 fully saturated rings. The van der Waals surface area contributed by atoms with Crippen molar-refractivity contribution in [1.82, 2.24) is 9.78 Å². The van der Waals surface area contributed by atoms with Crippen molar-refractivity contribution < 1.29 is 27.4 Å². The molecule has 1 saturated heterocycles. The Morgan fingerprint density at radius 3 is 2.31 bits per heavy atom. The Balaban J connectivity index is 1.50. The van der Waals surface area contributed by atoms with Crippen LogP contribution in [-0.4, -0.2) is 55.9 Å². The summed E-state index contributed by atoms with van der Waals surface area (Å²) in [6.07, 6.45) is 0.441. The Kier molecular flexibility index (Phi) is 7.83. The number of anilines is 1. The largest absolute Gasteiger partial charge is 0.497 e. The molecule has 1 unspecified atom stereocenters. The summed E-state index contributed by atoms with van der Waals surface area (Å²) >= 11 is 0. The van der Waals surface area contributed by atoms with Gasteiger partial charge in [-0.25, -0.2) is 13.1 Å².